The fraction of sp³-hybridized carbons (Fsp3) is 0.0513. The molecule has 0 unspecified atom stereocenters. The third-order valence-electron chi connectivity index (χ3n) is 7.76. The third kappa shape index (κ3) is 5.27. The van der Waals surface area contributed by atoms with Gasteiger partial charge in [0, 0.05) is 46.1 Å². The van der Waals surface area contributed by atoms with Crippen molar-refractivity contribution in [2.45, 2.75) is 6.61 Å². The maximum atomic E-state index is 6.11. The summed E-state index contributed by atoms with van der Waals surface area (Å²) in [6, 6.07) is 54.9. The predicted octanol–water partition coefficient (Wildman–Crippen LogP) is 9.35. The summed E-state index contributed by atoms with van der Waals surface area (Å²) in [7, 11) is 1.78. The minimum atomic E-state index is 0.442. The first-order chi connectivity index (χ1) is 21.8. The standard InChI is InChI=1S/C39H32N4O/c1-40-41-39(44-28-29-12-4-2-5-13-29)30-20-22-32(23-21-30)42(31-14-6-3-7-15-31)33-24-26-34(27-25-33)43-37-18-10-8-16-35(37)36-17-9-11-19-38(36)43/h2-27,40H,28H2,1H3/b41-39-. The number of ether oxygens (including phenoxy) is 1. The van der Waals surface area contributed by atoms with E-state index >= 15 is 0 Å². The Morgan fingerprint density at radius 3 is 1.68 bits per heavy atom. The first kappa shape index (κ1) is 27.0. The molecule has 214 valence electrons. The quantitative estimate of drug-likeness (QED) is 0.112. The van der Waals surface area contributed by atoms with Crippen molar-refractivity contribution in [2.75, 3.05) is 11.9 Å². The van der Waals surface area contributed by atoms with E-state index in [0.29, 0.717) is 12.5 Å². The molecule has 0 saturated carbocycles. The van der Waals surface area contributed by atoms with Crippen LogP contribution in [0.5, 0.6) is 0 Å². The molecule has 0 fully saturated rings. The molecule has 0 bridgehead atoms. The van der Waals surface area contributed by atoms with Gasteiger partial charge in [-0.2, -0.15) is 0 Å². The number of rotatable bonds is 8. The second-order valence-electron chi connectivity index (χ2n) is 10.5. The van der Waals surface area contributed by atoms with Gasteiger partial charge in [0.1, 0.15) is 6.61 Å². The largest absolute Gasteiger partial charge is 0.471 e. The monoisotopic (exact) mass is 572 g/mol. The first-order valence-electron chi connectivity index (χ1n) is 14.8. The van der Waals surface area contributed by atoms with E-state index in [9.17, 15) is 0 Å². The highest BCUT2D eigenvalue weighted by Crippen LogP contribution is 2.36. The van der Waals surface area contributed by atoms with Crippen molar-refractivity contribution in [3.8, 4) is 5.69 Å². The molecule has 6 aromatic carbocycles. The van der Waals surface area contributed by atoms with E-state index in [4.69, 9.17) is 4.74 Å². The molecule has 0 atom stereocenters. The Bertz CT molecular complexity index is 1980. The summed E-state index contributed by atoms with van der Waals surface area (Å²) in [5.74, 6) is 0.546. The highest BCUT2D eigenvalue weighted by molar-refractivity contribution is 6.09. The van der Waals surface area contributed by atoms with E-state index in [2.05, 4.69) is 141 Å². The lowest BCUT2D eigenvalue weighted by molar-refractivity contribution is 0.291. The second kappa shape index (κ2) is 12.2. The van der Waals surface area contributed by atoms with Crippen LogP contribution in [0.25, 0.3) is 27.5 Å². The van der Waals surface area contributed by atoms with Gasteiger partial charge in [-0.3, -0.25) is 0 Å². The number of fused-ring (bicyclic) bond motifs is 3. The predicted molar refractivity (Wildman–Crippen MR) is 182 cm³/mol. The number of nitrogens with zero attached hydrogens (tertiary/aromatic N) is 3. The molecule has 0 aliphatic rings. The van der Waals surface area contributed by atoms with Crippen molar-refractivity contribution in [3.05, 3.63) is 169 Å². The summed E-state index contributed by atoms with van der Waals surface area (Å²) in [5, 5.41) is 6.92. The van der Waals surface area contributed by atoms with Crippen molar-refractivity contribution in [1.82, 2.24) is 9.99 Å². The van der Waals surface area contributed by atoms with Crippen molar-refractivity contribution in [2.24, 2.45) is 5.10 Å². The minimum Gasteiger partial charge on any atom is -0.471 e. The highest BCUT2D eigenvalue weighted by Gasteiger charge is 2.16. The molecule has 0 aliphatic heterocycles. The number of hydrogen-bond acceptors (Lipinski definition) is 4. The molecule has 0 radical (unpaired) electrons. The van der Waals surface area contributed by atoms with Gasteiger partial charge in [-0.25, -0.2) is 0 Å². The van der Waals surface area contributed by atoms with Crippen molar-refractivity contribution in [3.63, 3.8) is 0 Å². The Morgan fingerprint density at radius 1 is 0.591 bits per heavy atom. The van der Waals surface area contributed by atoms with E-state index in [1.807, 2.05) is 36.4 Å². The van der Waals surface area contributed by atoms with E-state index < -0.39 is 0 Å². The van der Waals surface area contributed by atoms with E-state index in [0.717, 1.165) is 33.9 Å². The number of nitrogens with one attached hydrogen (secondary N) is 1. The lowest BCUT2D eigenvalue weighted by atomic mass is 10.1. The van der Waals surface area contributed by atoms with Crippen LogP contribution in [0, 0.1) is 0 Å². The topological polar surface area (TPSA) is 41.8 Å². The molecule has 7 rings (SSSR count). The zero-order valence-corrected chi connectivity index (χ0v) is 24.5. The van der Waals surface area contributed by atoms with Gasteiger partial charge in [-0.1, -0.05) is 84.9 Å². The lowest BCUT2D eigenvalue weighted by Crippen LogP contribution is -2.13. The van der Waals surface area contributed by atoms with Crippen molar-refractivity contribution >= 4 is 44.8 Å². The summed E-state index contributed by atoms with van der Waals surface area (Å²) in [6.07, 6.45) is 0. The maximum Gasteiger partial charge on any atom is 0.238 e. The number of aromatic nitrogens is 1. The molecule has 1 heterocycles. The van der Waals surface area contributed by atoms with E-state index in [1.54, 1.807) is 7.05 Å². The smallest absolute Gasteiger partial charge is 0.238 e. The van der Waals surface area contributed by atoms with Crippen LogP contribution in [0.3, 0.4) is 0 Å². The van der Waals surface area contributed by atoms with Crippen LogP contribution < -0.4 is 10.3 Å². The summed E-state index contributed by atoms with van der Waals surface area (Å²) in [6.45, 7) is 0.442. The van der Waals surface area contributed by atoms with Gasteiger partial charge in [0.15, 0.2) is 0 Å². The van der Waals surface area contributed by atoms with Gasteiger partial charge in [0.05, 0.1) is 11.0 Å². The van der Waals surface area contributed by atoms with Crippen LogP contribution in [0.1, 0.15) is 11.1 Å². The van der Waals surface area contributed by atoms with Crippen molar-refractivity contribution < 1.29 is 4.74 Å². The van der Waals surface area contributed by atoms with E-state index in [1.165, 1.54) is 21.8 Å². The molecule has 7 aromatic rings. The van der Waals surface area contributed by atoms with Gasteiger partial charge < -0.3 is 19.6 Å². The van der Waals surface area contributed by atoms with E-state index in [-0.39, 0.29) is 0 Å². The molecule has 0 amide bonds. The first-order valence-corrected chi connectivity index (χ1v) is 14.8. The molecule has 5 nitrogen and oxygen atoms in total. The average Bonchev–Trinajstić information content (AvgIpc) is 3.43. The van der Waals surface area contributed by atoms with Gasteiger partial charge >= 0.3 is 0 Å². The zero-order valence-electron chi connectivity index (χ0n) is 24.5. The Morgan fingerprint density at radius 2 is 1.09 bits per heavy atom. The molecule has 0 saturated heterocycles. The highest BCUT2D eigenvalue weighted by atomic mass is 16.5. The lowest BCUT2D eigenvalue weighted by Gasteiger charge is -2.26. The van der Waals surface area contributed by atoms with Crippen LogP contribution in [0.2, 0.25) is 0 Å². The van der Waals surface area contributed by atoms with Crippen LogP contribution in [0.15, 0.2) is 163 Å². The summed E-state index contributed by atoms with van der Waals surface area (Å²) >= 11 is 0. The molecular weight excluding hydrogens is 540 g/mol. The molecule has 0 spiro atoms. The number of anilines is 3. The normalized spacial score (nSPS) is 11.5. The number of hydrazone groups is 1. The van der Waals surface area contributed by atoms with Gasteiger partial charge in [0.2, 0.25) is 5.90 Å². The van der Waals surface area contributed by atoms with Crippen molar-refractivity contribution in [1.29, 1.82) is 0 Å². The molecule has 5 heteroatoms. The fourth-order valence-corrected chi connectivity index (χ4v) is 5.74. The number of hydrogen-bond donors (Lipinski definition) is 1. The van der Waals surface area contributed by atoms with Gasteiger partial charge in [0.25, 0.3) is 0 Å². The minimum absolute atomic E-state index is 0.442. The second-order valence-corrected chi connectivity index (χ2v) is 10.5. The Balaban J connectivity index is 1.23. The molecular formula is C39H32N4O. The maximum absolute atomic E-state index is 6.11. The Hall–Kier alpha value is -5.81. The van der Waals surface area contributed by atoms with Gasteiger partial charge in [-0.05, 0) is 78.4 Å². The van der Waals surface area contributed by atoms with Crippen LogP contribution in [-0.2, 0) is 11.3 Å². The van der Waals surface area contributed by atoms with Crippen LogP contribution >= 0.6 is 0 Å². The van der Waals surface area contributed by atoms with Crippen LogP contribution in [-0.4, -0.2) is 17.5 Å². The van der Waals surface area contributed by atoms with Gasteiger partial charge in [-0.15, -0.1) is 5.10 Å². The fourth-order valence-electron chi connectivity index (χ4n) is 5.74. The van der Waals surface area contributed by atoms with Crippen LogP contribution in [0.4, 0.5) is 17.1 Å². The SMILES string of the molecule is CN/N=C(\OCc1ccccc1)c1ccc(N(c2ccccc2)c2ccc(-n3c4ccccc4c4ccccc43)cc2)cc1. The average molecular weight is 573 g/mol. The molecule has 44 heavy (non-hydrogen) atoms. The number of para-hydroxylation sites is 3. The molecule has 1 N–H and O–H groups in total. The molecule has 0 aliphatic carbocycles. The summed E-state index contributed by atoms with van der Waals surface area (Å²) < 4.78 is 8.45. The Kier molecular flexibility index (Phi) is 7.50. The summed E-state index contributed by atoms with van der Waals surface area (Å²) in [5.41, 5.74) is 11.6. The Labute approximate surface area is 257 Å². The third-order valence-corrected chi connectivity index (χ3v) is 7.76. The number of benzene rings is 6. The summed E-state index contributed by atoms with van der Waals surface area (Å²) in [4.78, 5) is 2.26. The molecule has 1 aromatic heterocycles. The zero-order chi connectivity index (χ0) is 29.7.